The van der Waals surface area contributed by atoms with Gasteiger partial charge in [-0.25, -0.2) is 0 Å². The molecule has 0 bridgehead atoms. The number of carbonyl (C=O) groups is 2. The van der Waals surface area contributed by atoms with Gasteiger partial charge in [0.05, 0.1) is 17.9 Å². The van der Waals surface area contributed by atoms with Gasteiger partial charge in [0.15, 0.2) is 0 Å². The number of hydrogen-bond donors (Lipinski definition) is 2. The van der Waals surface area contributed by atoms with Crippen molar-refractivity contribution in [3.8, 4) is 0 Å². The lowest BCUT2D eigenvalue weighted by atomic mass is 9.66. The lowest BCUT2D eigenvalue weighted by Crippen LogP contribution is -2.59. The van der Waals surface area contributed by atoms with Crippen LogP contribution in [-0.4, -0.2) is 40.2 Å². The zero-order valence-electron chi connectivity index (χ0n) is 20.6. The average molecular weight is 538 g/mol. The van der Waals surface area contributed by atoms with Crippen LogP contribution in [0.5, 0.6) is 0 Å². The van der Waals surface area contributed by atoms with Crippen LogP contribution in [0.4, 0.5) is 0 Å². The Balaban J connectivity index is 2.22. The third kappa shape index (κ3) is 6.53. The lowest BCUT2D eigenvalue weighted by Gasteiger charge is -2.52. The molecule has 190 valence electrons. The van der Waals surface area contributed by atoms with E-state index in [1.807, 2.05) is 53.4 Å². The minimum absolute atomic E-state index is 0.125. The maximum absolute atomic E-state index is 14.2. The molecule has 1 saturated heterocycles. The topological polar surface area (TPSA) is 69.6 Å². The summed E-state index contributed by atoms with van der Waals surface area (Å²) < 4.78 is 3.41. The standard InChI is InChI=1S/C27H34Cl2N2O3S/c1-5-35-30-16-23(17(2)3)31-25(18-9-11-20(28)12-10-18)22(19-7-6-8-21(29)13-19)14-27(4,26(31)34)15-24(32)33/h6-13,17,22-23,25,30H,5,14-16H2,1-4H3,(H,32,33)/t22-,23?,25-,27-/m1/s1. The van der Waals surface area contributed by atoms with Gasteiger partial charge in [0.1, 0.15) is 0 Å². The highest BCUT2D eigenvalue weighted by Gasteiger charge is 2.52. The van der Waals surface area contributed by atoms with Gasteiger partial charge in [-0.05, 0) is 47.7 Å². The molecule has 5 nitrogen and oxygen atoms in total. The number of rotatable bonds is 10. The van der Waals surface area contributed by atoms with Crippen molar-refractivity contribution < 1.29 is 14.7 Å². The highest BCUT2D eigenvalue weighted by atomic mass is 35.5. The number of halogens is 2. The largest absolute Gasteiger partial charge is 0.481 e. The molecule has 1 fully saturated rings. The Morgan fingerprint density at radius 2 is 1.86 bits per heavy atom. The van der Waals surface area contributed by atoms with Crippen LogP contribution in [-0.2, 0) is 9.59 Å². The second kappa shape index (κ2) is 12.0. The van der Waals surface area contributed by atoms with Crippen LogP contribution in [0.3, 0.4) is 0 Å². The van der Waals surface area contributed by atoms with Crippen molar-refractivity contribution in [3.05, 3.63) is 69.7 Å². The van der Waals surface area contributed by atoms with Crippen molar-refractivity contribution in [1.29, 1.82) is 0 Å². The van der Waals surface area contributed by atoms with E-state index in [-0.39, 0.29) is 36.2 Å². The predicted octanol–water partition coefficient (Wildman–Crippen LogP) is 6.81. The quantitative estimate of drug-likeness (QED) is 0.257. The van der Waals surface area contributed by atoms with Gasteiger partial charge in [-0.1, -0.05) is 87.1 Å². The first-order valence-electron chi connectivity index (χ1n) is 12.0. The maximum atomic E-state index is 14.2. The number of piperidine rings is 1. The zero-order chi connectivity index (χ0) is 25.8. The molecular weight excluding hydrogens is 503 g/mol. The Bertz CT molecular complexity index is 1030. The molecule has 1 unspecified atom stereocenters. The number of amides is 1. The number of carboxylic acids is 1. The summed E-state index contributed by atoms with van der Waals surface area (Å²) >= 11 is 14.2. The number of likely N-dealkylation sites (tertiary alicyclic amines) is 1. The third-order valence-corrected chi connectivity index (χ3v) is 7.94. The molecule has 2 aromatic rings. The first kappa shape index (κ1) is 27.9. The molecular formula is C27H34Cl2N2O3S. The van der Waals surface area contributed by atoms with Crippen LogP contribution in [0.2, 0.25) is 10.0 Å². The zero-order valence-corrected chi connectivity index (χ0v) is 23.0. The average Bonchev–Trinajstić information content (AvgIpc) is 2.79. The van der Waals surface area contributed by atoms with Crippen LogP contribution < -0.4 is 4.72 Å². The third-order valence-electron chi connectivity index (χ3n) is 6.80. The second-order valence-corrected chi connectivity index (χ2v) is 11.8. The fraction of sp³-hybridized carbons (Fsp3) is 0.481. The molecule has 0 radical (unpaired) electrons. The number of hydrogen-bond acceptors (Lipinski definition) is 4. The Labute approximate surface area is 222 Å². The van der Waals surface area contributed by atoms with E-state index in [0.717, 1.165) is 16.9 Å². The Kier molecular flexibility index (Phi) is 9.55. The van der Waals surface area contributed by atoms with Crippen molar-refractivity contribution in [2.75, 3.05) is 12.3 Å². The Hall–Kier alpha value is -1.73. The number of carbonyl (C=O) groups excluding carboxylic acids is 1. The summed E-state index contributed by atoms with van der Waals surface area (Å²) in [5, 5.41) is 11.0. The van der Waals surface area contributed by atoms with Gasteiger partial charge in [0.25, 0.3) is 0 Å². The second-order valence-electron chi connectivity index (χ2n) is 9.80. The highest BCUT2D eigenvalue weighted by molar-refractivity contribution is 7.97. The summed E-state index contributed by atoms with van der Waals surface area (Å²) in [7, 11) is 0. The molecule has 1 aliphatic heterocycles. The minimum atomic E-state index is -1.05. The molecule has 8 heteroatoms. The predicted molar refractivity (Wildman–Crippen MR) is 145 cm³/mol. The summed E-state index contributed by atoms with van der Waals surface area (Å²) in [6.07, 6.45) is 0.179. The van der Waals surface area contributed by atoms with Gasteiger partial charge >= 0.3 is 5.97 Å². The number of nitrogens with zero attached hydrogens (tertiary/aromatic N) is 1. The molecule has 1 aliphatic rings. The maximum Gasteiger partial charge on any atom is 0.304 e. The first-order valence-corrected chi connectivity index (χ1v) is 13.7. The minimum Gasteiger partial charge on any atom is -0.481 e. The molecule has 2 N–H and O–H groups in total. The number of benzene rings is 2. The van der Waals surface area contributed by atoms with E-state index >= 15 is 0 Å². The molecule has 0 spiro atoms. The van der Waals surface area contributed by atoms with E-state index in [9.17, 15) is 14.7 Å². The molecule has 3 rings (SSSR count). The van der Waals surface area contributed by atoms with E-state index in [2.05, 4.69) is 25.5 Å². The number of aliphatic carboxylic acids is 1. The van der Waals surface area contributed by atoms with E-state index in [1.54, 1.807) is 18.9 Å². The smallest absolute Gasteiger partial charge is 0.304 e. The molecule has 1 heterocycles. The summed E-state index contributed by atoms with van der Waals surface area (Å²) in [4.78, 5) is 28.1. The highest BCUT2D eigenvalue weighted by Crippen LogP contribution is 2.52. The van der Waals surface area contributed by atoms with Gasteiger partial charge in [-0.15, -0.1) is 0 Å². The van der Waals surface area contributed by atoms with Gasteiger partial charge in [-0.2, -0.15) is 0 Å². The summed E-state index contributed by atoms with van der Waals surface area (Å²) in [6.45, 7) is 8.66. The normalized spacial score (nSPS) is 23.5. The van der Waals surface area contributed by atoms with E-state index in [0.29, 0.717) is 23.0 Å². The molecule has 1 amide bonds. The van der Waals surface area contributed by atoms with Crippen LogP contribution in [0, 0.1) is 11.3 Å². The molecule has 0 saturated carbocycles. The Morgan fingerprint density at radius 1 is 1.17 bits per heavy atom. The van der Waals surface area contributed by atoms with Gasteiger partial charge < -0.3 is 10.0 Å². The van der Waals surface area contributed by atoms with Crippen molar-refractivity contribution in [2.24, 2.45) is 11.3 Å². The van der Waals surface area contributed by atoms with Crippen molar-refractivity contribution in [2.45, 2.75) is 58.5 Å². The van der Waals surface area contributed by atoms with Crippen molar-refractivity contribution >= 4 is 47.0 Å². The summed E-state index contributed by atoms with van der Waals surface area (Å²) in [6, 6.07) is 14.9. The van der Waals surface area contributed by atoms with E-state index < -0.39 is 11.4 Å². The van der Waals surface area contributed by atoms with Crippen molar-refractivity contribution in [1.82, 2.24) is 9.62 Å². The van der Waals surface area contributed by atoms with Gasteiger partial charge in [0, 0.05) is 34.3 Å². The number of nitrogens with one attached hydrogen (secondary N) is 1. The summed E-state index contributed by atoms with van der Waals surface area (Å²) in [5.41, 5.74) is 0.913. The molecule has 35 heavy (non-hydrogen) atoms. The van der Waals surface area contributed by atoms with E-state index in [1.165, 1.54) is 0 Å². The molecule has 2 aromatic carbocycles. The number of carboxylic acid groups (broad SMARTS) is 1. The van der Waals surface area contributed by atoms with Crippen LogP contribution in [0.1, 0.15) is 63.6 Å². The monoisotopic (exact) mass is 536 g/mol. The summed E-state index contributed by atoms with van der Waals surface area (Å²) in [5.74, 6) is -0.194. The van der Waals surface area contributed by atoms with Gasteiger partial charge in [0.2, 0.25) is 5.91 Å². The van der Waals surface area contributed by atoms with Gasteiger partial charge in [-0.3, -0.25) is 14.3 Å². The van der Waals surface area contributed by atoms with Crippen LogP contribution in [0.25, 0.3) is 0 Å². The van der Waals surface area contributed by atoms with Crippen molar-refractivity contribution in [3.63, 3.8) is 0 Å². The molecule has 4 atom stereocenters. The van der Waals surface area contributed by atoms with Crippen LogP contribution >= 0.6 is 35.1 Å². The first-order chi connectivity index (χ1) is 16.6. The molecule has 0 aliphatic carbocycles. The van der Waals surface area contributed by atoms with Crippen LogP contribution in [0.15, 0.2) is 48.5 Å². The SMILES string of the molecule is CCSNCC(C(C)C)N1C(=O)[C@@](C)(CC(=O)O)C[C@H](c2cccc(Cl)c2)[C@H]1c1ccc(Cl)cc1. The fourth-order valence-corrected chi connectivity index (χ4v) is 5.96. The fourth-order valence-electron chi connectivity index (χ4n) is 5.15. The van der Waals surface area contributed by atoms with E-state index in [4.69, 9.17) is 23.2 Å². The lowest BCUT2D eigenvalue weighted by molar-refractivity contribution is -0.161. The molecule has 0 aromatic heterocycles. The Morgan fingerprint density at radius 3 is 2.43 bits per heavy atom.